The van der Waals surface area contributed by atoms with Crippen molar-refractivity contribution in [2.75, 3.05) is 0 Å². The molecule has 1 aromatic carbocycles. The average Bonchev–Trinajstić information content (AvgIpc) is 2.67. The van der Waals surface area contributed by atoms with Crippen LogP contribution in [-0.2, 0) is 7.05 Å². The first kappa shape index (κ1) is 10.5. The van der Waals surface area contributed by atoms with Gasteiger partial charge in [0.1, 0.15) is 5.69 Å². The summed E-state index contributed by atoms with van der Waals surface area (Å²) in [6.07, 6.45) is 1.49. The molecule has 0 bridgehead atoms. The lowest BCUT2D eigenvalue weighted by Crippen LogP contribution is -2.09. The molecule has 0 fully saturated rings. The Morgan fingerprint density at radius 3 is 2.69 bits per heavy atom. The second-order valence-corrected chi connectivity index (χ2v) is 3.89. The molecule has 0 aliphatic carbocycles. The summed E-state index contributed by atoms with van der Waals surface area (Å²) in [5, 5.41) is 7.47. The zero-order valence-corrected chi connectivity index (χ0v) is 9.56. The molecule has 0 saturated carbocycles. The van der Waals surface area contributed by atoms with Gasteiger partial charge in [0.25, 0.3) is 0 Å². The first-order valence-electron chi connectivity index (χ1n) is 5.06. The van der Waals surface area contributed by atoms with Gasteiger partial charge in [0, 0.05) is 12.6 Å². The van der Waals surface area contributed by atoms with Crippen molar-refractivity contribution in [2.45, 2.75) is 13.8 Å². The van der Waals surface area contributed by atoms with Crippen LogP contribution in [0.1, 0.15) is 27.2 Å². The molecule has 1 heterocycles. The molecule has 0 aliphatic rings. The lowest BCUT2D eigenvalue weighted by atomic mass is 10.0. The largest absolute Gasteiger partial charge is 0.287 e. The summed E-state index contributed by atoms with van der Waals surface area (Å²) < 4.78 is 1.49. The molecule has 0 amide bonds. The third-order valence-electron chi connectivity index (χ3n) is 2.58. The Morgan fingerprint density at radius 2 is 2.06 bits per heavy atom. The molecule has 0 N–H and O–H groups in total. The van der Waals surface area contributed by atoms with E-state index in [0.717, 1.165) is 11.1 Å². The summed E-state index contributed by atoms with van der Waals surface area (Å²) in [6.45, 7) is 3.90. The fourth-order valence-corrected chi connectivity index (χ4v) is 1.61. The van der Waals surface area contributed by atoms with E-state index in [9.17, 15) is 4.79 Å². The van der Waals surface area contributed by atoms with E-state index >= 15 is 0 Å². The predicted octanol–water partition coefficient (Wildman–Crippen LogP) is 1.66. The van der Waals surface area contributed by atoms with E-state index in [-0.39, 0.29) is 5.78 Å². The second kappa shape index (κ2) is 3.89. The summed E-state index contributed by atoms with van der Waals surface area (Å²) in [5.41, 5.74) is 3.26. The van der Waals surface area contributed by atoms with Gasteiger partial charge in [0.05, 0.1) is 6.20 Å². The molecule has 0 atom stereocenters. The molecule has 2 rings (SSSR count). The number of nitrogens with zero attached hydrogens (tertiary/aromatic N) is 3. The molecule has 0 unspecified atom stereocenters. The zero-order chi connectivity index (χ0) is 11.7. The molecule has 2 aromatic rings. The van der Waals surface area contributed by atoms with Crippen molar-refractivity contribution in [1.82, 2.24) is 15.0 Å². The molecule has 82 valence electrons. The van der Waals surface area contributed by atoms with Crippen molar-refractivity contribution in [3.8, 4) is 0 Å². The van der Waals surface area contributed by atoms with Crippen LogP contribution in [0.3, 0.4) is 0 Å². The highest BCUT2D eigenvalue weighted by Crippen LogP contribution is 2.14. The van der Waals surface area contributed by atoms with E-state index in [2.05, 4.69) is 10.3 Å². The van der Waals surface area contributed by atoms with Crippen molar-refractivity contribution in [3.63, 3.8) is 0 Å². The van der Waals surface area contributed by atoms with Crippen LogP contribution >= 0.6 is 0 Å². The van der Waals surface area contributed by atoms with Crippen LogP contribution in [0.2, 0.25) is 0 Å². The molecule has 0 radical (unpaired) electrons. The first-order valence-corrected chi connectivity index (χ1v) is 5.06. The van der Waals surface area contributed by atoms with Gasteiger partial charge < -0.3 is 0 Å². The number of hydrogen-bond acceptors (Lipinski definition) is 3. The summed E-state index contributed by atoms with van der Waals surface area (Å²) in [5.74, 6) is -0.0336. The maximum atomic E-state index is 12.2. The maximum absolute atomic E-state index is 12.2. The smallest absolute Gasteiger partial charge is 0.212 e. The minimum Gasteiger partial charge on any atom is -0.287 e. The van der Waals surface area contributed by atoms with E-state index in [0.29, 0.717) is 11.3 Å². The van der Waals surface area contributed by atoms with Crippen LogP contribution in [0.5, 0.6) is 0 Å². The minimum atomic E-state index is -0.0336. The van der Waals surface area contributed by atoms with Crippen molar-refractivity contribution in [3.05, 3.63) is 46.8 Å². The average molecular weight is 215 g/mol. The topological polar surface area (TPSA) is 47.8 Å². The quantitative estimate of drug-likeness (QED) is 0.716. The van der Waals surface area contributed by atoms with Crippen LogP contribution in [0.15, 0.2) is 24.4 Å². The summed E-state index contributed by atoms with van der Waals surface area (Å²) in [6, 6.07) is 5.84. The fourth-order valence-electron chi connectivity index (χ4n) is 1.61. The highest BCUT2D eigenvalue weighted by atomic mass is 16.1. The maximum Gasteiger partial charge on any atom is 0.212 e. The number of carbonyl (C=O) groups is 1. The van der Waals surface area contributed by atoms with Gasteiger partial charge in [-0.05, 0) is 25.5 Å². The zero-order valence-electron chi connectivity index (χ0n) is 9.56. The molecule has 4 heteroatoms. The second-order valence-electron chi connectivity index (χ2n) is 3.89. The van der Waals surface area contributed by atoms with Crippen LogP contribution in [0.25, 0.3) is 0 Å². The number of carbonyl (C=O) groups excluding carboxylic acids is 1. The molecule has 0 spiro atoms. The fraction of sp³-hybridized carbons (Fsp3) is 0.250. The highest BCUT2D eigenvalue weighted by Gasteiger charge is 2.15. The van der Waals surface area contributed by atoms with E-state index in [4.69, 9.17) is 0 Å². The van der Waals surface area contributed by atoms with Gasteiger partial charge in [-0.15, -0.1) is 5.10 Å². The van der Waals surface area contributed by atoms with Gasteiger partial charge >= 0.3 is 0 Å². The Kier molecular flexibility index (Phi) is 2.56. The van der Waals surface area contributed by atoms with Gasteiger partial charge in [0.15, 0.2) is 0 Å². The Morgan fingerprint density at radius 1 is 1.31 bits per heavy atom. The summed E-state index contributed by atoms with van der Waals surface area (Å²) in [7, 11) is 1.71. The SMILES string of the molecule is Cc1ccc(C)c(C(=O)c2cnnn2C)c1. The van der Waals surface area contributed by atoms with E-state index in [1.165, 1.54) is 10.9 Å². The molecule has 4 nitrogen and oxygen atoms in total. The van der Waals surface area contributed by atoms with Crippen LogP contribution < -0.4 is 0 Å². The van der Waals surface area contributed by atoms with Crippen molar-refractivity contribution in [2.24, 2.45) is 7.05 Å². The number of ketones is 1. The molecule has 1 aromatic heterocycles. The normalized spacial score (nSPS) is 10.4. The lowest BCUT2D eigenvalue weighted by molar-refractivity contribution is 0.102. The molecular formula is C12H13N3O. The van der Waals surface area contributed by atoms with Gasteiger partial charge in [-0.1, -0.05) is 22.9 Å². The Hall–Kier alpha value is -1.97. The molecular weight excluding hydrogens is 202 g/mol. The third kappa shape index (κ3) is 1.74. The molecule has 0 saturated heterocycles. The number of aromatic nitrogens is 3. The summed E-state index contributed by atoms with van der Waals surface area (Å²) in [4.78, 5) is 12.2. The molecule has 16 heavy (non-hydrogen) atoms. The van der Waals surface area contributed by atoms with Gasteiger partial charge in [-0.2, -0.15) is 0 Å². The van der Waals surface area contributed by atoms with E-state index < -0.39 is 0 Å². The van der Waals surface area contributed by atoms with Crippen molar-refractivity contribution in [1.29, 1.82) is 0 Å². The van der Waals surface area contributed by atoms with E-state index in [1.54, 1.807) is 7.05 Å². The third-order valence-corrected chi connectivity index (χ3v) is 2.58. The van der Waals surface area contributed by atoms with Crippen LogP contribution in [0, 0.1) is 13.8 Å². The van der Waals surface area contributed by atoms with Crippen LogP contribution in [0.4, 0.5) is 0 Å². The number of benzene rings is 1. The summed E-state index contributed by atoms with van der Waals surface area (Å²) >= 11 is 0. The first-order chi connectivity index (χ1) is 7.59. The van der Waals surface area contributed by atoms with Gasteiger partial charge in [-0.3, -0.25) is 4.79 Å². The Balaban J connectivity index is 2.49. The number of hydrogen-bond donors (Lipinski definition) is 0. The standard InChI is InChI=1S/C12H13N3O/c1-8-4-5-9(2)10(6-8)12(16)11-7-13-14-15(11)3/h4-7H,1-3H3. The number of rotatable bonds is 2. The Labute approximate surface area is 93.9 Å². The number of aryl methyl sites for hydroxylation is 3. The van der Waals surface area contributed by atoms with E-state index in [1.807, 2.05) is 32.0 Å². The molecule has 0 aliphatic heterocycles. The Bertz CT molecular complexity index is 543. The highest BCUT2D eigenvalue weighted by molar-refractivity contribution is 6.08. The monoisotopic (exact) mass is 215 g/mol. The minimum absolute atomic E-state index is 0.0336. The van der Waals surface area contributed by atoms with Gasteiger partial charge in [-0.25, -0.2) is 4.68 Å². The van der Waals surface area contributed by atoms with Crippen LogP contribution in [-0.4, -0.2) is 20.8 Å². The lowest BCUT2D eigenvalue weighted by Gasteiger charge is -2.05. The van der Waals surface area contributed by atoms with Gasteiger partial charge in [0.2, 0.25) is 5.78 Å². The van der Waals surface area contributed by atoms with Crippen molar-refractivity contribution >= 4 is 5.78 Å². The van der Waals surface area contributed by atoms with Crippen molar-refractivity contribution < 1.29 is 4.79 Å². The predicted molar refractivity (Wildman–Crippen MR) is 60.4 cm³/mol.